The summed E-state index contributed by atoms with van der Waals surface area (Å²) in [6.45, 7) is 6.20. The van der Waals surface area contributed by atoms with E-state index >= 15 is 0 Å². The molecule has 7 atom stereocenters. The van der Waals surface area contributed by atoms with Crippen molar-refractivity contribution in [2.45, 2.75) is 69.0 Å². The van der Waals surface area contributed by atoms with Gasteiger partial charge in [-0.1, -0.05) is 13.0 Å². The van der Waals surface area contributed by atoms with Crippen molar-refractivity contribution in [3.05, 3.63) is 12.7 Å². The summed E-state index contributed by atoms with van der Waals surface area (Å²) >= 11 is 0. The van der Waals surface area contributed by atoms with E-state index in [0.717, 1.165) is 45.3 Å². The van der Waals surface area contributed by atoms with E-state index < -0.39 is 6.17 Å². The molecule has 27 heavy (non-hydrogen) atoms. The summed E-state index contributed by atoms with van der Waals surface area (Å²) in [4.78, 5) is 14.1. The van der Waals surface area contributed by atoms with E-state index in [1.165, 1.54) is 6.08 Å². The zero-order chi connectivity index (χ0) is 19.0. The molecule has 4 rings (SSSR count). The molecule has 7 heteroatoms. The van der Waals surface area contributed by atoms with E-state index in [1.807, 2.05) is 4.90 Å². The SMILES string of the molecule is C=CC(=O)N1CCC2C(C1)NC(C1CCCC(F)C1)NC2C1CCN(C)N1. The lowest BCUT2D eigenvalue weighted by Crippen LogP contribution is -2.73. The number of carbonyl (C=O) groups excluding carboxylic acids is 1. The van der Waals surface area contributed by atoms with Crippen molar-refractivity contribution in [2.75, 3.05) is 26.7 Å². The molecule has 0 spiro atoms. The fraction of sp³-hybridized carbons (Fsp3) is 0.850. The Kier molecular flexibility index (Phi) is 5.83. The largest absolute Gasteiger partial charge is 0.338 e. The molecule has 3 heterocycles. The highest BCUT2D eigenvalue weighted by atomic mass is 19.1. The molecule has 1 aliphatic carbocycles. The smallest absolute Gasteiger partial charge is 0.246 e. The third-order valence-corrected chi connectivity index (χ3v) is 7.10. The van der Waals surface area contributed by atoms with Crippen LogP contribution < -0.4 is 16.1 Å². The maximum Gasteiger partial charge on any atom is 0.246 e. The van der Waals surface area contributed by atoms with Crippen molar-refractivity contribution in [3.63, 3.8) is 0 Å². The second-order valence-corrected chi connectivity index (χ2v) is 8.85. The van der Waals surface area contributed by atoms with Gasteiger partial charge in [0.25, 0.3) is 0 Å². The monoisotopic (exact) mass is 379 g/mol. The van der Waals surface area contributed by atoms with Crippen LogP contribution in [0.3, 0.4) is 0 Å². The predicted octanol–water partition coefficient (Wildman–Crippen LogP) is 1.01. The quantitative estimate of drug-likeness (QED) is 0.639. The Morgan fingerprint density at radius 2 is 2.00 bits per heavy atom. The number of nitrogens with one attached hydrogen (secondary N) is 3. The first-order valence-corrected chi connectivity index (χ1v) is 10.6. The van der Waals surface area contributed by atoms with Gasteiger partial charge in [0.15, 0.2) is 0 Å². The van der Waals surface area contributed by atoms with Gasteiger partial charge in [0.2, 0.25) is 5.91 Å². The second-order valence-electron chi connectivity index (χ2n) is 8.85. The molecule has 4 fully saturated rings. The minimum atomic E-state index is -0.676. The van der Waals surface area contributed by atoms with Crippen molar-refractivity contribution in [1.82, 2.24) is 26.0 Å². The lowest BCUT2D eigenvalue weighted by Gasteiger charge is -2.52. The van der Waals surface area contributed by atoms with Gasteiger partial charge in [-0.15, -0.1) is 0 Å². The number of likely N-dealkylation sites (tertiary alicyclic amines) is 1. The highest BCUT2D eigenvalue weighted by Crippen LogP contribution is 2.34. The number of halogens is 1. The van der Waals surface area contributed by atoms with Crippen LogP contribution in [0.25, 0.3) is 0 Å². The Bertz CT molecular complexity index is 560. The standard InChI is InChI=1S/C20H34FN5O/c1-3-18(27)26-10-7-15-17(12-26)22-20(13-5-4-6-14(21)11-13)23-19(15)16-8-9-25(2)24-16/h3,13-17,19-20,22-24H,1,4-12H2,2H3. The molecule has 0 radical (unpaired) electrons. The van der Waals surface area contributed by atoms with E-state index in [0.29, 0.717) is 36.8 Å². The van der Waals surface area contributed by atoms with E-state index in [4.69, 9.17) is 0 Å². The number of fused-ring (bicyclic) bond motifs is 1. The third kappa shape index (κ3) is 4.06. The van der Waals surface area contributed by atoms with Crippen molar-refractivity contribution in [2.24, 2.45) is 11.8 Å². The Labute approximate surface area is 161 Å². The summed E-state index contributed by atoms with van der Waals surface area (Å²) in [5.74, 6) is 0.813. The van der Waals surface area contributed by atoms with E-state index in [2.05, 4.69) is 34.7 Å². The summed E-state index contributed by atoms with van der Waals surface area (Å²) < 4.78 is 14.0. The zero-order valence-corrected chi connectivity index (χ0v) is 16.4. The van der Waals surface area contributed by atoms with Crippen LogP contribution >= 0.6 is 0 Å². The number of piperidine rings is 1. The molecule has 6 nitrogen and oxygen atoms in total. The fourth-order valence-corrected chi connectivity index (χ4v) is 5.68. The summed E-state index contributed by atoms with van der Waals surface area (Å²) in [5.41, 5.74) is 3.61. The highest BCUT2D eigenvalue weighted by molar-refractivity contribution is 5.87. The van der Waals surface area contributed by atoms with Crippen LogP contribution in [0.4, 0.5) is 4.39 Å². The minimum Gasteiger partial charge on any atom is -0.338 e. The summed E-state index contributed by atoms with van der Waals surface area (Å²) in [7, 11) is 2.09. The van der Waals surface area contributed by atoms with Crippen molar-refractivity contribution in [3.8, 4) is 0 Å². The van der Waals surface area contributed by atoms with Crippen LogP contribution in [-0.4, -0.2) is 73.0 Å². The highest BCUT2D eigenvalue weighted by Gasteiger charge is 2.46. The van der Waals surface area contributed by atoms with Crippen LogP contribution in [-0.2, 0) is 4.79 Å². The number of alkyl halides is 1. The lowest BCUT2D eigenvalue weighted by molar-refractivity contribution is -0.129. The maximum absolute atomic E-state index is 14.0. The Balaban J connectivity index is 1.51. The van der Waals surface area contributed by atoms with Crippen LogP contribution in [0.5, 0.6) is 0 Å². The number of hydrogen-bond donors (Lipinski definition) is 3. The lowest BCUT2D eigenvalue weighted by atomic mass is 9.76. The number of amides is 1. The molecule has 4 aliphatic rings. The second kappa shape index (κ2) is 8.15. The molecule has 152 valence electrons. The average molecular weight is 380 g/mol. The third-order valence-electron chi connectivity index (χ3n) is 7.10. The van der Waals surface area contributed by atoms with Crippen molar-refractivity contribution >= 4 is 5.91 Å². The minimum absolute atomic E-state index is 0.0158. The van der Waals surface area contributed by atoms with E-state index in [-0.39, 0.29) is 18.1 Å². The van der Waals surface area contributed by atoms with Gasteiger partial charge in [-0.25, -0.2) is 9.40 Å². The van der Waals surface area contributed by atoms with Gasteiger partial charge in [0, 0.05) is 44.8 Å². The first-order valence-electron chi connectivity index (χ1n) is 10.6. The Morgan fingerprint density at radius 1 is 1.15 bits per heavy atom. The van der Waals surface area contributed by atoms with Gasteiger partial charge in [-0.05, 0) is 50.0 Å². The Morgan fingerprint density at radius 3 is 2.70 bits per heavy atom. The average Bonchev–Trinajstić information content (AvgIpc) is 3.12. The summed E-state index contributed by atoms with van der Waals surface area (Å²) in [6.07, 6.45) is 6.36. The molecule has 7 unspecified atom stereocenters. The van der Waals surface area contributed by atoms with Gasteiger partial charge < -0.3 is 4.90 Å². The van der Waals surface area contributed by atoms with Crippen molar-refractivity contribution in [1.29, 1.82) is 0 Å². The molecule has 3 saturated heterocycles. The van der Waals surface area contributed by atoms with Crippen LogP contribution in [0.1, 0.15) is 38.5 Å². The molecule has 1 saturated carbocycles. The molecule has 1 amide bonds. The molecule has 0 aromatic rings. The van der Waals surface area contributed by atoms with Crippen LogP contribution in [0.2, 0.25) is 0 Å². The molecular weight excluding hydrogens is 345 g/mol. The maximum atomic E-state index is 14.0. The van der Waals surface area contributed by atoms with Gasteiger partial charge in [0.1, 0.15) is 6.17 Å². The predicted molar refractivity (Wildman–Crippen MR) is 104 cm³/mol. The van der Waals surface area contributed by atoms with Gasteiger partial charge in [-0.3, -0.25) is 20.9 Å². The van der Waals surface area contributed by atoms with E-state index in [1.54, 1.807) is 0 Å². The number of hydrazine groups is 1. The van der Waals surface area contributed by atoms with Crippen LogP contribution in [0, 0.1) is 11.8 Å². The van der Waals surface area contributed by atoms with Gasteiger partial charge >= 0.3 is 0 Å². The molecule has 3 N–H and O–H groups in total. The normalized spacial score (nSPS) is 43.3. The molecule has 3 aliphatic heterocycles. The van der Waals surface area contributed by atoms with Gasteiger partial charge in [0.05, 0.1) is 6.17 Å². The summed E-state index contributed by atoms with van der Waals surface area (Å²) in [6, 6.07) is 1.01. The summed E-state index contributed by atoms with van der Waals surface area (Å²) in [5, 5.41) is 9.82. The first-order chi connectivity index (χ1) is 13.0. The zero-order valence-electron chi connectivity index (χ0n) is 16.4. The molecular formula is C20H34FN5O. The number of rotatable bonds is 3. The van der Waals surface area contributed by atoms with Crippen LogP contribution in [0.15, 0.2) is 12.7 Å². The molecule has 0 aromatic heterocycles. The van der Waals surface area contributed by atoms with Gasteiger partial charge in [-0.2, -0.15) is 0 Å². The Hall–Kier alpha value is -1.02. The van der Waals surface area contributed by atoms with E-state index in [9.17, 15) is 9.18 Å². The number of carbonyl (C=O) groups is 1. The molecule has 0 aromatic carbocycles. The first kappa shape index (κ1) is 19.3. The topological polar surface area (TPSA) is 59.6 Å². The number of nitrogens with zero attached hydrogens (tertiary/aromatic N) is 2. The van der Waals surface area contributed by atoms with Crippen molar-refractivity contribution < 1.29 is 9.18 Å². The number of hydrogen-bond acceptors (Lipinski definition) is 5. The fourth-order valence-electron chi connectivity index (χ4n) is 5.68. The molecule has 0 bridgehead atoms.